The van der Waals surface area contributed by atoms with Crippen molar-refractivity contribution in [3.8, 4) is 0 Å². The summed E-state index contributed by atoms with van der Waals surface area (Å²) in [6, 6.07) is 1.74. The molecule has 2 N–H and O–H groups in total. The van der Waals surface area contributed by atoms with Crippen molar-refractivity contribution >= 4 is 30.3 Å². The summed E-state index contributed by atoms with van der Waals surface area (Å²) >= 11 is 5.76. The molecule has 0 unspecified atom stereocenters. The molecular formula is C6H5BClN3O. The van der Waals surface area contributed by atoms with Crippen molar-refractivity contribution in [3.63, 3.8) is 0 Å². The summed E-state index contributed by atoms with van der Waals surface area (Å²) in [5.41, 5.74) is 1.37. The molecule has 0 saturated carbocycles. The Bertz CT molecular complexity index is 344. The van der Waals surface area contributed by atoms with Crippen molar-refractivity contribution in [1.82, 2.24) is 10.3 Å². The van der Waals surface area contributed by atoms with Crippen molar-refractivity contribution in [2.75, 3.05) is 0 Å². The van der Waals surface area contributed by atoms with E-state index in [9.17, 15) is 5.02 Å². The number of nitrogens with zero attached hydrogens (tertiary/aromatic N) is 2. The van der Waals surface area contributed by atoms with E-state index < -0.39 is 7.05 Å². The first-order valence-electron chi connectivity index (χ1n) is 3.40. The van der Waals surface area contributed by atoms with Crippen LogP contribution in [0.15, 0.2) is 17.4 Å². The first-order valence-corrected chi connectivity index (χ1v) is 3.78. The predicted octanol–water partition coefficient (Wildman–Crippen LogP) is -0.640. The SMILES string of the molecule is OB1NN=Cc2ccnc(Cl)c21. The van der Waals surface area contributed by atoms with E-state index in [1.54, 1.807) is 18.5 Å². The number of pyridine rings is 1. The van der Waals surface area contributed by atoms with Crippen LogP contribution in [-0.2, 0) is 0 Å². The van der Waals surface area contributed by atoms with Crippen LogP contribution < -0.4 is 10.8 Å². The molecule has 0 saturated heterocycles. The highest BCUT2D eigenvalue weighted by atomic mass is 35.5. The number of halogens is 1. The molecule has 0 bridgehead atoms. The number of fused-ring (bicyclic) bond motifs is 1. The summed E-state index contributed by atoms with van der Waals surface area (Å²) in [5.74, 6) is 0. The molecule has 4 nitrogen and oxygen atoms in total. The number of nitrogens with one attached hydrogen (secondary N) is 1. The largest absolute Gasteiger partial charge is 0.467 e. The summed E-state index contributed by atoms with van der Waals surface area (Å²) in [7, 11) is -0.855. The lowest BCUT2D eigenvalue weighted by Crippen LogP contribution is -2.47. The minimum Gasteiger partial charge on any atom is -0.428 e. The molecule has 0 spiro atoms. The molecule has 0 amide bonds. The number of rotatable bonds is 0. The van der Waals surface area contributed by atoms with Crippen LogP contribution in [0.5, 0.6) is 0 Å². The van der Waals surface area contributed by atoms with E-state index in [-0.39, 0.29) is 0 Å². The monoisotopic (exact) mass is 181 g/mol. The van der Waals surface area contributed by atoms with Gasteiger partial charge in [-0.3, -0.25) is 0 Å². The van der Waals surface area contributed by atoms with Crippen LogP contribution in [0.25, 0.3) is 0 Å². The van der Waals surface area contributed by atoms with Gasteiger partial charge in [-0.2, -0.15) is 5.10 Å². The molecule has 0 aromatic carbocycles. The number of aromatic nitrogens is 1. The van der Waals surface area contributed by atoms with Crippen molar-refractivity contribution < 1.29 is 5.02 Å². The summed E-state index contributed by atoms with van der Waals surface area (Å²) in [6.45, 7) is 0. The third kappa shape index (κ3) is 1.07. The third-order valence-electron chi connectivity index (χ3n) is 1.65. The highest BCUT2D eigenvalue weighted by Gasteiger charge is 2.24. The highest BCUT2D eigenvalue weighted by Crippen LogP contribution is 2.05. The maximum Gasteiger partial charge on any atom is 0.467 e. The van der Waals surface area contributed by atoms with E-state index in [1.807, 2.05) is 0 Å². The lowest BCUT2D eigenvalue weighted by Gasteiger charge is -2.13. The van der Waals surface area contributed by atoms with Gasteiger partial charge in [-0.1, -0.05) is 11.6 Å². The van der Waals surface area contributed by atoms with Crippen LogP contribution >= 0.6 is 11.6 Å². The Morgan fingerprint density at radius 2 is 2.42 bits per heavy atom. The van der Waals surface area contributed by atoms with Crippen molar-refractivity contribution in [1.29, 1.82) is 0 Å². The van der Waals surface area contributed by atoms with E-state index in [1.165, 1.54) is 0 Å². The van der Waals surface area contributed by atoms with Crippen LogP contribution in [0.2, 0.25) is 5.15 Å². The van der Waals surface area contributed by atoms with Crippen LogP contribution in [0.3, 0.4) is 0 Å². The van der Waals surface area contributed by atoms with Gasteiger partial charge in [0.05, 0.1) is 6.21 Å². The second-order valence-electron chi connectivity index (χ2n) is 2.39. The summed E-state index contributed by atoms with van der Waals surface area (Å²) in [6.07, 6.45) is 3.17. The van der Waals surface area contributed by atoms with E-state index in [4.69, 9.17) is 11.6 Å². The zero-order chi connectivity index (χ0) is 8.55. The maximum atomic E-state index is 9.39. The Morgan fingerprint density at radius 3 is 3.17 bits per heavy atom. The molecule has 12 heavy (non-hydrogen) atoms. The number of hydrogen-bond donors (Lipinski definition) is 2. The molecular weight excluding hydrogens is 176 g/mol. The van der Waals surface area contributed by atoms with Gasteiger partial charge in [-0.05, 0) is 11.6 Å². The minimum absolute atomic E-state index is 0.304. The average Bonchev–Trinajstić information content (AvgIpc) is 2.04. The molecule has 60 valence electrons. The van der Waals surface area contributed by atoms with Gasteiger partial charge in [0, 0.05) is 11.7 Å². The van der Waals surface area contributed by atoms with E-state index in [2.05, 4.69) is 15.4 Å². The fourth-order valence-electron chi connectivity index (χ4n) is 1.09. The van der Waals surface area contributed by atoms with Gasteiger partial charge in [0.2, 0.25) is 0 Å². The summed E-state index contributed by atoms with van der Waals surface area (Å²) in [4.78, 5) is 3.85. The average molecular weight is 181 g/mol. The van der Waals surface area contributed by atoms with E-state index in [0.29, 0.717) is 10.6 Å². The molecule has 0 radical (unpaired) electrons. The van der Waals surface area contributed by atoms with Gasteiger partial charge in [0.25, 0.3) is 0 Å². The predicted molar refractivity (Wildman–Crippen MR) is 47.6 cm³/mol. The number of hydrogen-bond acceptors (Lipinski definition) is 4. The van der Waals surface area contributed by atoms with Gasteiger partial charge < -0.3 is 10.4 Å². The standard InChI is InChI=1S/C6H5BClN3O/c8-6-5-4(1-2-9-6)3-10-11-7(5)12/h1-3,11-12H. The fourth-order valence-corrected chi connectivity index (χ4v) is 1.36. The fraction of sp³-hybridized carbons (Fsp3) is 0. The van der Waals surface area contributed by atoms with Crippen molar-refractivity contribution in [3.05, 3.63) is 23.0 Å². The van der Waals surface area contributed by atoms with Crippen LogP contribution in [-0.4, -0.2) is 23.3 Å². The Kier molecular flexibility index (Phi) is 1.75. The molecule has 0 aliphatic carbocycles. The third-order valence-corrected chi connectivity index (χ3v) is 1.95. The van der Waals surface area contributed by atoms with E-state index >= 15 is 0 Å². The Morgan fingerprint density at radius 1 is 1.58 bits per heavy atom. The first-order chi connectivity index (χ1) is 5.79. The summed E-state index contributed by atoms with van der Waals surface area (Å²) in [5, 5.41) is 15.9. The minimum atomic E-state index is -0.855. The zero-order valence-corrected chi connectivity index (χ0v) is 6.78. The van der Waals surface area contributed by atoms with Gasteiger partial charge in [-0.25, -0.2) is 4.98 Å². The highest BCUT2D eigenvalue weighted by molar-refractivity contribution is 6.68. The van der Waals surface area contributed by atoms with E-state index in [0.717, 1.165) is 5.56 Å². The lowest BCUT2D eigenvalue weighted by atomic mass is 9.73. The molecule has 1 aliphatic heterocycles. The normalized spacial score (nSPS) is 14.0. The molecule has 6 heteroatoms. The molecule has 1 aromatic rings. The summed E-state index contributed by atoms with van der Waals surface area (Å²) < 4.78 is 0. The van der Waals surface area contributed by atoms with Crippen molar-refractivity contribution in [2.24, 2.45) is 5.10 Å². The zero-order valence-electron chi connectivity index (χ0n) is 6.03. The second kappa shape index (κ2) is 2.77. The smallest absolute Gasteiger partial charge is 0.428 e. The van der Waals surface area contributed by atoms with Crippen LogP contribution in [0.4, 0.5) is 0 Å². The maximum absolute atomic E-state index is 9.39. The molecule has 2 heterocycles. The van der Waals surface area contributed by atoms with Gasteiger partial charge in [-0.15, -0.1) is 0 Å². The topological polar surface area (TPSA) is 57.5 Å². The Labute approximate surface area is 74.4 Å². The lowest BCUT2D eigenvalue weighted by molar-refractivity contribution is 0.565. The molecule has 0 fully saturated rings. The van der Waals surface area contributed by atoms with Gasteiger partial charge in [0.1, 0.15) is 5.15 Å². The van der Waals surface area contributed by atoms with Gasteiger partial charge >= 0.3 is 7.05 Å². The van der Waals surface area contributed by atoms with Crippen molar-refractivity contribution in [2.45, 2.75) is 0 Å². The molecule has 2 rings (SSSR count). The number of hydrazone groups is 1. The first kappa shape index (κ1) is 7.58. The molecule has 0 atom stereocenters. The Balaban J connectivity index is 2.62. The molecule has 1 aromatic heterocycles. The van der Waals surface area contributed by atoms with Crippen LogP contribution in [0, 0.1) is 0 Å². The Hall–Kier alpha value is -1.07. The van der Waals surface area contributed by atoms with Gasteiger partial charge in [0.15, 0.2) is 0 Å². The van der Waals surface area contributed by atoms with Crippen LogP contribution in [0.1, 0.15) is 5.56 Å². The quantitative estimate of drug-likeness (QED) is 0.413. The molecule has 1 aliphatic rings. The second-order valence-corrected chi connectivity index (χ2v) is 2.75.